The number of amides is 1. The summed E-state index contributed by atoms with van der Waals surface area (Å²) in [6.07, 6.45) is 5.69. The zero-order valence-corrected chi connectivity index (χ0v) is 18.9. The Balaban J connectivity index is 1.36. The Bertz CT molecular complexity index is 1090. The summed E-state index contributed by atoms with van der Waals surface area (Å²) in [7, 11) is -3.51. The van der Waals surface area contributed by atoms with Gasteiger partial charge in [-0.3, -0.25) is 9.69 Å². The third kappa shape index (κ3) is 4.64. The number of likely N-dealkylation sites (tertiary alicyclic amines) is 1. The highest BCUT2D eigenvalue weighted by molar-refractivity contribution is 7.94. The first-order chi connectivity index (χ1) is 15.4. The van der Waals surface area contributed by atoms with Crippen molar-refractivity contribution in [2.24, 2.45) is 0 Å². The molecule has 2 heterocycles. The van der Waals surface area contributed by atoms with E-state index in [2.05, 4.69) is 34.4 Å². The molecule has 0 aromatic heterocycles. The third-order valence-electron chi connectivity index (χ3n) is 6.40. The average Bonchev–Trinajstić information content (AvgIpc) is 3.49. The van der Waals surface area contributed by atoms with Crippen molar-refractivity contribution in [2.75, 3.05) is 29.9 Å². The Morgan fingerprint density at radius 1 is 1.00 bits per heavy atom. The van der Waals surface area contributed by atoms with Crippen LogP contribution in [-0.4, -0.2) is 50.9 Å². The highest BCUT2D eigenvalue weighted by Gasteiger charge is 2.33. The van der Waals surface area contributed by atoms with E-state index in [1.54, 1.807) is 0 Å². The van der Waals surface area contributed by atoms with Gasteiger partial charge in [-0.2, -0.15) is 0 Å². The molecule has 32 heavy (non-hydrogen) atoms. The van der Waals surface area contributed by atoms with Crippen LogP contribution in [0, 0.1) is 0 Å². The minimum absolute atomic E-state index is 0.116. The molecule has 2 unspecified atom stereocenters. The number of hydrogen-bond acceptors (Lipinski definition) is 5. The molecule has 2 atom stereocenters. The maximum Gasteiger partial charge on any atom is 0.255 e. The number of hydrogen-bond donors (Lipinski definition) is 1. The zero-order chi connectivity index (χ0) is 22.7. The number of carbonyl (C=O) groups is 1. The molecule has 2 aromatic carbocycles. The molecule has 0 bridgehead atoms. The molecule has 2 fully saturated rings. The Hall–Kier alpha value is -2.90. The summed E-state index contributed by atoms with van der Waals surface area (Å²) in [5, 5.41) is 3.77. The summed E-state index contributed by atoms with van der Waals surface area (Å²) in [5.41, 5.74) is 2.24. The molecule has 0 spiro atoms. The third-order valence-corrected chi connectivity index (χ3v) is 7.77. The Morgan fingerprint density at radius 2 is 1.72 bits per heavy atom. The van der Waals surface area contributed by atoms with Crippen LogP contribution in [0.5, 0.6) is 0 Å². The minimum atomic E-state index is -3.51. The molecule has 168 valence electrons. The van der Waals surface area contributed by atoms with Gasteiger partial charge in [0.05, 0.1) is 4.90 Å². The number of nitrogens with one attached hydrogen (secondary N) is 1. The van der Waals surface area contributed by atoms with Crippen LogP contribution < -0.4 is 10.2 Å². The van der Waals surface area contributed by atoms with Gasteiger partial charge in [0.25, 0.3) is 5.91 Å². The van der Waals surface area contributed by atoms with Crippen molar-refractivity contribution >= 4 is 27.1 Å². The molecule has 4 rings (SSSR count). The smallest absolute Gasteiger partial charge is 0.255 e. The summed E-state index contributed by atoms with van der Waals surface area (Å²) in [6.45, 7) is 10.5. The van der Waals surface area contributed by atoms with E-state index in [4.69, 9.17) is 0 Å². The van der Waals surface area contributed by atoms with Gasteiger partial charge < -0.3 is 10.2 Å². The van der Waals surface area contributed by atoms with Gasteiger partial charge in [-0.25, -0.2) is 8.42 Å². The molecule has 2 saturated heterocycles. The van der Waals surface area contributed by atoms with Gasteiger partial charge in [-0.15, -0.1) is 6.58 Å². The predicted octanol–water partition coefficient (Wildman–Crippen LogP) is 4.09. The number of rotatable bonds is 7. The maximum atomic E-state index is 12.5. The van der Waals surface area contributed by atoms with Gasteiger partial charge in [0, 0.05) is 47.5 Å². The second-order valence-electron chi connectivity index (χ2n) is 8.31. The van der Waals surface area contributed by atoms with Crippen LogP contribution >= 0.6 is 0 Å². The van der Waals surface area contributed by atoms with Crippen LogP contribution in [-0.2, 0) is 9.84 Å². The van der Waals surface area contributed by atoms with Crippen molar-refractivity contribution in [3.05, 3.63) is 78.7 Å². The molecular formula is C25H29N3O3S. The van der Waals surface area contributed by atoms with Crippen LogP contribution in [0.2, 0.25) is 0 Å². The highest BCUT2D eigenvalue weighted by atomic mass is 32.2. The van der Waals surface area contributed by atoms with Crippen LogP contribution in [0.3, 0.4) is 0 Å². The first kappa shape index (κ1) is 22.3. The number of anilines is 2. The lowest BCUT2D eigenvalue weighted by molar-refractivity contribution is 0.102. The zero-order valence-electron chi connectivity index (χ0n) is 18.1. The molecular weight excluding hydrogens is 422 g/mol. The van der Waals surface area contributed by atoms with E-state index in [0.29, 0.717) is 23.3 Å². The maximum absolute atomic E-state index is 12.5. The van der Waals surface area contributed by atoms with E-state index < -0.39 is 9.84 Å². The fourth-order valence-electron chi connectivity index (χ4n) is 4.62. The van der Waals surface area contributed by atoms with E-state index in [9.17, 15) is 13.2 Å². The molecule has 6 nitrogen and oxygen atoms in total. The number of benzene rings is 2. The summed E-state index contributed by atoms with van der Waals surface area (Å²) < 4.78 is 23.6. The van der Waals surface area contributed by atoms with Crippen molar-refractivity contribution in [2.45, 2.75) is 36.2 Å². The normalized spacial score (nSPS) is 21.4. The van der Waals surface area contributed by atoms with E-state index in [1.807, 2.05) is 24.3 Å². The van der Waals surface area contributed by atoms with Crippen LogP contribution in [0.1, 0.15) is 29.6 Å². The van der Waals surface area contributed by atoms with Crippen molar-refractivity contribution in [3.8, 4) is 0 Å². The molecule has 2 aliphatic rings. The second kappa shape index (κ2) is 9.30. The van der Waals surface area contributed by atoms with Crippen LogP contribution in [0.4, 0.5) is 11.4 Å². The monoisotopic (exact) mass is 451 g/mol. The molecule has 1 N–H and O–H groups in total. The summed E-state index contributed by atoms with van der Waals surface area (Å²) in [4.78, 5) is 17.6. The van der Waals surface area contributed by atoms with Crippen molar-refractivity contribution in [1.29, 1.82) is 0 Å². The van der Waals surface area contributed by atoms with Crippen LogP contribution in [0.25, 0.3) is 0 Å². The Kier molecular flexibility index (Phi) is 6.48. The van der Waals surface area contributed by atoms with Crippen molar-refractivity contribution in [1.82, 2.24) is 4.90 Å². The first-order valence-corrected chi connectivity index (χ1v) is 12.5. The summed E-state index contributed by atoms with van der Waals surface area (Å²) in [6, 6.07) is 14.8. The lowest BCUT2D eigenvalue weighted by atomic mass is 10.1. The first-order valence-electron chi connectivity index (χ1n) is 10.9. The standard InChI is InChI=1S/C25H29N3O3S/c1-3-21-6-5-16-28(21)23-15-17-27(18-23)22-11-9-20(10-12-22)26-25(29)19-7-13-24(14-8-19)32(30,31)4-2/h3-4,7-14,21,23H,1-2,5-6,15-18H2,(H,26,29). The molecule has 7 heteroatoms. The number of sulfone groups is 1. The Labute approximate surface area is 190 Å². The second-order valence-corrected chi connectivity index (χ2v) is 10.2. The van der Waals surface area contributed by atoms with Gasteiger partial charge >= 0.3 is 0 Å². The molecule has 0 radical (unpaired) electrons. The number of nitrogens with zero attached hydrogens (tertiary/aromatic N) is 2. The summed E-state index contributed by atoms with van der Waals surface area (Å²) in [5.74, 6) is -0.286. The predicted molar refractivity (Wildman–Crippen MR) is 129 cm³/mol. The fourth-order valence-corrected chi connectivity index (χ4v) is 5.33. The highest BCUT2D eigenvalue weighted by Crippen LogP contribution is 2.29. The fraction of sp³-hybridized carbons (Fsp3) is 0.320. The van der Waals surface area contributed by atoms with Gasteiger partial charge in [0.1, 0.15) is 0 Å². The van der Waals surface area contributed by atoms with E-state index in [-0.39, 0.29) is 10.8 Å². The molecule has 0 saturated carbocycles. The lowest BCUT2D eigenvalue weighted by Crippen LogP contribution is -2.40. The molecule has 1 amide bonds. The van der Waals surface area contributed by atoms with E-state index in [1.165, 1.54) is 37.1 Å². The van der Waals surface area contributed by atoms with Gasteiger partial charge in [0.15, 0.2) is 9.84 Å². The van der Waals surface area contributed by atoms with E-state index >= 15 is 0 Å². The number of carbonyl (C=O) groups excluding carboxylic acids is 1. The SMILES string of the molecule is C=CC1CCCN1C1CCN(c2ccc(NC(=O)c3ccc(S(=O)(=O)C=C)cc3)cc2)C1. The van der Waals surface area contributed by atoms with Gasteiger partial charge in [0.2, 0.25) is 0 Å². The lowest BCUT2D eigenvalue weighted by Gasteiger charge is -2.29. The van der Waals surface area contributed by atoms with E-state index in [0.717, 1.165) is 37.2 Å². The minimum Gasteiger partial charge on any atom is -0.370 e. The largest absolute Gasteiger partial charge is 0.370 e. The molecule has 0 aliphatic carbocycles. The summed E-state index contributed by atoms with van der Waals surface area (Å²) >= 11 is 0. The molecule has 2 aromatic rings. The average molecular weight is 452 g/mol. The van der Waals surface area contributed by atoms with Gasteiger partial charge in [-0.05, 0) is 74.3 Å². The molecule has 2 aliphatic heterocycles. The quantitative estimate of drug-likeness (QED) is 0.643. The van der Waals surface area contributed by atoms with Crippen LogP contribution in [0.15, 0.2) is 78.1 Å². The Morgan fingerprint density at radius 3 is 2.38 bits per heavy atom. The topological polar surface area (TPSA) is 69.7 Å². The van der Waals surface area contributed by atoms with Gasteiger partial charge in [-0.1, -0.05) is 12.7 Å². The van der Waals surface area contributed by atoms with Crippen molar-refractivity contribution < 1.29 is 13.2 Å². The van der Waals surface area contributed by atoms with Crippen molar-refractivity contribution in [3.63, 3.8) is 0 Å².